The number of nitrogens with zero attached hydrogens (tertiary/aromatic N) is 3. The van der Waals surface area contributed by atoms with Crippen LogP contribution < -0.4 is 4.31 Å². The Morgan fingerprint density at radius 3 is 2.27 bits per heavy atom. The van der Waals surface area contributed by atoms with Crippen molar-refractivity contribution in [1.82, 2.24) is 9.97 Å². The van der Waals surface area contributed by atoms with Gasteiger partial charge in [-0.3, -0.25) is 9.59 Å². The van der Waals surface area contributed by atoms with Gasteiger partial charge in [0.1, 0.15) is 5.82 Å². The van der Waals surface area contributed by atoms with Gasteiger partial charge in [-0.2, -0.15) is 0 Å². The van der Waals surface area contributed by atoms with E-state index in [-0.39, 0.29) is 42.4 Å². The van der Waals surface area contributed by atoms with Crippen LogP contribution in [0.5, 0.6) is 0 Å². The van der Waals surface area contributed by atoms with Gasteiger partial charge in [0.25, 0.3) is 0 Å². The Labute approximate surface area is 263 Å². The zero-order valence-corrected chi connectivity index (χ0v) is 29.3. The molecule has 9 nitrogen and oxygen atoms in total. The number of ketones is 1. The molecular formula is C32H48FN3O6SSi. The number of rotatable bonds is 16. The lowest BCUT2D eigenvalue weighted by molar-refractivity contribution is -0.145. The van der Waals surface area contributed by atoms with Crippen molar-refractivity contribution in [2.24, 2.45) is 5.92 Å². The van der Waals surface area contributed by atoms with E-state index in [4.69, 9.17) is 4.74 Å². The van der Waals surface area contributed by atoms with Gasteiger partial charge in [-0.05, 0) is 79.2 Å². The number of aromatic nitrogens is 2. The number of carbonyl (C=O) groups is 2. The molecule has 0 bridgehead atoms. The normalized spacial score (nSPS) is 13.4. The van der Waals surface area contributed by atoms with Gasteiger partial charge in [-0.1, -0.05) is 41.0 Å². The van der Waals surface area contributed by atoms with Gasteiger partial charge >= 0.3 is 5.97 Å². The molecule has 2 rings (SSSR count). The first kappa shape index (κ1) is 37.2. The fourth-order valence-corrected chi connectivity index (χ4v) is 5.70. The quantitative estimate of drug-likeness (QED) is 0.0946. The lowest BCUT2D eigenvalue weighted by Gasteiger charge is -2.37. The van der Waals surface area contributed by atoms with Crippen LogP contribution in [0.2, 0.25) is 18.1 Å². The molecule has 0 saturated heterocycles. The van der Waals surface area contributed by atoms with Crippen LogP contribution in [0.25, 0.3) is 17.3 Å². The summed E-state index contributed by atoms with van der Waals surface area (Å²) in [6, 6.07) is 5.63. The maximum Gasteiger partial charge on any atom is 0.306 e. The van der Waals surface area contributed by atoms with Crippen LogP contribution in [0.4, 0.5) is 10.3 Å². The molecule has 0 fully saturated rings. The van der Waals surface area contributed by atoms with Crippen molar-refractivity contribution >= 4 is 42.1 Å². The number of sulfonamides is 1. The zero-order chi connectivity index (χ0) is 33.5. The average molecular weight is 650 g/mol. The molecule has 1 N–H and O–H groups in total. The molecule has 0 spiro atoms. The van der Waals surface area contributed by atoms with E-state index < -0.39 is 29.2 Å². The van der Waals surface area contributed by atoms with Gasteiger partial charge in [-0.15, -0.1) is 0 Å². The predicted octanol–water partition coefficient (Wildman–Crippen LogP) is 6.49. The summed E-state index contributed by atoms with van der Waals surface area (Å²) in [5.41, 5.74) is 1.89. The van der Waals surface area contributed by atoms with Crippen LogP contribution >= 0.6 is 0 Å². The van der Waals surface area contributed by atoms with Crippen molar-refractivity contribution in [3.8, 4) is 11.3 Å². The molecule has 0 unspecified atom stereocenters. The maximum absolute atomic E-state index is 13.8. The predicted molar refractivity (Wildman–Crippen MR) is 176 cm³/mol. The number of halogens is 1. The number of anilines is 1. The Balaban J connectivity index is 2.54. The van der Waals surface area contributed by atoms with Crippen LogP contribution in [0.3, 0.4) is 0 Å². The van der Waals surface area contributed by atoms with Gasteiger partial charge in [0, 0.05) is 31.0 Å². The minimum atomic E-state index is -3.68. The van der Waals surface area contributed by atoms with E-state index in [1.165, 1.54) is 37.4 Å². The molecule has 0 amide bonds. The van der Waals surface area contributed by atoms with Crippen molar-refractivity contribution in [3.05, 3.63) is 47.4 Å². The van der Waals surface area contributed by atoms with Gasteiger partial charge in [0.05, 0.1) is 24.3 Å². The second-order valence-electron chi connectivity index (χ2n) is 12.9. The van der Waals surface area contributed by atoms with Crippen LogP contribution in [0, 0.1) is 11.7 Å². The summed E-state index contributed by atoms with van der Waals surface area (Å²) in [5, 5.41) is -0.457. The van der Waals surface area contributed by atoms with Crippen LogP contribution in [-0.2, 0) is 24.3 Å². The van der Waals surface area contributed by atoms with Crippen molar-refractivity contribution < 1.29 is 31.9 Å². The Hall–Kier alpha value is -2.96. The molecular weight excluding hydrogens is 602 g/mol. The third-order valence-electron chi connectivity index (χ3n) is 8.00. The number of esters is 1. The van der Waals surface area contributed by atoms with E-state index in [0.29, 0.717) is 35.5 Å². The second kappa shape index (κ2) is 15.4. The second-order valence-corrected chi connectivity index (χ2v) is 19.3. The first-order chi connectivity index (χ1) is 20.3. The first-order valence-electron chi connectivity index (χ1n) is 15.0. The smallest absolute Gasteiger partial charge is 0.306 e. The summed E-state index contributed by atoms with van der Waals surface area (Å²) >= 11 is 0. The van der Waals surface area contributed by atoms with E-state index in [9.17, 15) is 27.2 Å². The molecule has 44 heavy (non-hydrogen) atoms. The number of benzene rings is 1. The summed E-state index contributed by atoms with van der Waals surface area (Å²) < 4.78 is 44.8. The lowest BCUT2D eigenvalue weighted by Crippen LogP contribution is -2.40. The van der Waals surface area contributed by atoms with E-state index >= 15 is 0 Å². The highest BCUT2D eigenvalue weighted by Crippen LogP contribution is 2.43. The van der Waals surface area contributed by atoms with E-state index in [1.807, 2.05) is 47.7 Å². The number of carbonyl (C=O) groups excluding carboxylic acids is 2. The third kappa shape index (κ3) is 10.6. The van der Waals surface area contributed by atoms with Crippen molar-refractivity contribution in [2.75, 3.05) is 24.2 Å². The molecule has 0 saturated carbocycles. The number of hydrogen-bond donors (Lipinski definition) is 1. The van der Waals surface area contributed by atoms with Gasteiger partial charge < -0.3 is 9.53 Å². The highest BCUT2D eigenvalue weighted by atomic mass is 32.2. The van der Waals surface area contributed by atoms with Crippen molar-refractivity contribution in [3.63, 3.8) is 0 Å². The summed E-state index contributed by atoms with van der Waals surface area (Å²) in [5.74, 6) is -1.61. The van der Waals surface area contributed by atoms with Crippen molar-refractivity contribution in [1.29, 1.82) is 0 Å². The topological polar surface area (TPSA) is 127 Å². The highest BCUT2D eigenvalue weighted by Gasteiger charge is 2.40. The maximum atomic E-state index is 13.8. The van der Waals surface area contributed by atoms with Gasteiger partial charge in [0.2, 0.25) is 16.0 Å². The number of unbranched alkanes of at least 4 members (excludes halogenated alkanes) is 1. The Kier molecular flexibility index (Phi) is 13.0. The molecule has 244 valence electrons. The summed E-state index contributed by atoms with van der Waals surface area (Å²) in [6.07, 6.45) is 6.32. The number of allylic oxidation sites excluding steroid dienone is 1. The standard InChI is InChI=1S/C32H48FN3O6SSi/c1-10-11-18-42-28(38)20-23(21-32(4,5)44(8,9)41)19-26(37)16-17-27-29(22(2)3)34-31(36(6)43(7,39)40)35-30(27)24-12-14-25(33)15-13-24/h12-17,22-23,41H,10-11,18-21H2,1-9H3/b17-16+/t23-/m1/s1. The number of hydrogen-bond acceptors (Lipinski definition) is 8. The Morgan fingerprint density at radius 2 is 1.75 bits per heavy atom. The molecule has 0 aliphatic heterocycles. The molecule has 1 heterocycles. The minimum Gasteiger partial charge on any atom is -0.466 e. The molecule has 1 aromatic heterocycles. The van der Waals surface area contributed by atoms with Crippen LogP contribution in [0.1, 0.15) is 83.9 Å². The summed E-state index contributed by atoms with van der Waals surface area (Å²) in [6.45, 7) is 13.7. The molecule has 0 aliphatic carbocycles. The fraction of sp³-hybridized carbons (Fsp3) is 0.562. The summed E-state index contributed by atoms with van der Waals surface area (Å²) in [7, 11) is -4.94. The first-order valence-corrected chi connectivity index (χ1v) is 19.8. The van der Waals surface area contributed by atoms with Crippen molar-refractivity contribution in [2.45, 2.75) is 90.8 Å². The molecule has 2 aromatic rings. The van der Waals surface area contributed by atoms with E-state index in [1.54, 1.807) is 6.08 Å². The largest absolute Gasteiger partial charge is 0.466 e. The molecule has 0 aliphatic rings. The highest BCUT2D eigenvalue weighted by molar-refractivity contribution is 7.92. The monoisotopic (exact) mass is 649 g/mol. The van der Waals surface area contributed by atoms with Gasteiger partial charge in [-0.25, -0.2) is 27.1 Å². The Morgan fingerprint density at radius 1 is 1.14 bits per heavy atom. The van der Waals surface area contributed by atoms with E-state index in [0.717, 1.165) is 23.4 Å². The molecule has 0 radical (unpaired) electrons. The Bertz CT molecular complexity index is 1440. The minimum absolute atomic E-state index is 0.0429. The summed E-state index contributed by atoms with van der Waals surface area (Å²) in [4.78, 5) is 46.0. The SMILES string of the molecule is CCCCOC(=O)C[C@@H](CC(=O)/C=C/c1c(-c2ccc(F)cc2)nc(N(C)S(C)(=O)=O)nc1C(C)C)CC(C)(C)[Si](C)(C)O. The lowest BCUT2D eigenvalue weighted by atomic mass is 9.88. The van der Waals surface area contributed by atoms with E-state index in [2.05, 4.69) is 9.97 Å². The average Bonchev–Trinajstić information content (AvgIpc) is 2.90. The zero-order valence-electron chi connectivity index (χ0n) is 27.5. The van der Waals surface area contributed by atoms with Crippen LogP contribution in [0.15, 0.2) is 30.3 Å². The van der Waals surface area contributed by atoms with Gasteiger partial charge in [0.15, 0.2) is 14.1 Å². The molecule has 1 aromatic carbocycles. The number of ether oxygens (including phenoxy) is 1. The molecule has 12 heteroatoms. The molecule has 1 atom stereocenters. The van der Waals surface area contributed by atoms with Crippen LogP contribution in [-0.4, -0.2) is 63.2 Å². The third-order valence-corrected chi connectivity index (χ3v) is 12.7. The fourth-order valence-electron chi connectivity index (χ4n) is 4.54.